The molecule has 0 fully saturated rings. The molecule has 0 amide bonds. The minimum Gasteiger partial charge on any atom is -0.271 e. The van der Waals surface area contributed by atoms with E-state index in [0.717, 1.165) is 32.7 Å². The zero-order valence-corrected chi connectivity index (χ0v) is 12.7. The van der Waals surface area contributed by atoms with Crippen LogP contribution in [0.2, 0.25) is 0 Å². The highest BCUT2D eigenvalue weighted by atomic mass is 32.2. The minimum atomic E-state index is -0.168. The molecular weight excluding hydrogens is 292 g/mol. The lowest BCUT2D eigenvalue weighted by atomic mass is 10.2. The third kappa shape index (κ3) is 1.92. The van der Waals surface area contributed by atoms with Crippen molar-refractivity contribution in [2.24, 2.45) is 0 Å². The van der Waals surface area contributed by atoms with Crippen LogP contribution in [0, 0.1) is 11.3 Å². The third-order valence-electron chi connectivity index (χ3n) is 3.58. The van der Waals surface area contributed by atoms with Gasteiger partial charge in [-0.1, -0.05) is 36.0 Å². The van der Waals surface area contributed by atoms with Crippen molar-refractivity contribution in [2.45, 2.75) is 17.3 Å². The van der Waals surface area contributed by atoms with Crippen molar-refractivity contribution in [3.05, 3.63) is 48.5 Å². The van der Waals surface area contributed by atoms with Crippen LogP contribution in [0.1, 0.15) is 6.92 Å². The van der Waals surface area contributed by atoms with E-state index in [4.69, 9.17) is 15.2 Å². The van der Waals surface area contributed by atoms with Crippen molar-refractivity contribution in [3.8, 4) is 6.07 Å². The number of thioether (sulfide) groups is 1. The second kappa shape index (κ2) is 5.00. The van der Waals surface area contributed by atoms with Crippen LogP contribution in [0.15, 0.2) is 53.7 Å². The molecule has 4 rings (SSSR count). The predicted octanol–water partition coefficient (Wildman–Crippen LogP) is 4.04. The van der Waals surface area contributed by atoms with Crippen LogP contribution >= 0.6 is 11.8 Å². The third-order valence-corrected chi connectivity index (χ3v) is 4.52. The summed E-state index contributed by atoms with van der Waals surface area (Å²) in [5, 5.41) is 10.8. The Kier molecular flexibility index (Phi) is 2.98. The lowest BCUT2D eigenvalue weighted by Crippen LogP contribution is -2.00. The first-order chi connectivity index (χ1) is 10.8. The summed E-state index contributed by atoms with van der Waals surface area (Å²) in [6.07, 6.45) is 0. The number of nitrogens with zero attached hydrogens (tertiary/aromatic N) is 4. The molecule has 0 radical (unpaired) electrons. The van der Waals surface area contributed by atoms with Gasteiger partial charge in [0.15, 0.2) is 5.16 Å². The monoisotopic (exact) mass is 304 g/mol. The van der Waals surface area contributed by atoms with Crippen LogP contribution in [-0.2, 0) is 0 Å². The molecule has 0 N–H and O–H groups in total. The van der Waals surface area contributed by atoms with E-state index in [1.54, 1.807) is 0 Å². The Morgan fingerprint density at radius 3 is 2.59 bits per heavy atom. The van der Waals surface area contributed by atoms with Crippen LogP contribution in [0.25, 0.3) is 27.6 Å². The maximum absolute atomic E-state index is 9.12. The first-order valence-corrected chi connectivity index (χ1v) is 7.88. The number of fused-ring (bicyclic) bond motifs is 5. The van der Waals surface area contributed by atoms with E-state index in [-0.39, 0.29) is 5.25 Å². The number of benzene rings is 2. The SMILES string of the molecule is C[C@@H](C#N)Sc1nc2ccccc2c2nc3ccccc3n12. The van der Waals surface area contributed by atoms with Gasteiger partial charge < -0.3 is 0 Å². The maximum Gasteiger partial charge on any atom is 0.176 e. The fraction of sp³-hybridized carbons (Fsp3) is 0.118. The maximum atomic E-state index is 9.12. The Bertz CT molecular complexity index is 1050. The standard InChI is InChI=1S/C17H12N4S/c1-11(10-18)22-17-20-13-7-3-2-6-12(13)16-19-14-8-4-5-9-15(14)21(16)17/h2-9,11H,1H3/t11-/m0/s1. The Hall–Kier alpha value is -2.58. The second-order valence-corrected chi connectivity index (χ2v) is 6.37. The van der Waals surface area contributed by atoms with Gasteiger partial charge in [-0.2, -0.15) is 5.26 Å². The molecule has 0 aliphatic rings. The van der Waals surface area contributed by atoms with E-state index in [9.17, 15) is 0 Å². The molecule has 0 saturated carbocycles. The van der Waals surface area contributed by atoms with Crippen molar-refractivity contribution in [3.63, 3.8) is 0 Å². The number of nitriles is 1. The molecule has 2 aromatic carbocycles. The van der Waals surface area contributed by atoms with Gasteiger partial charge in [0, 0.05) is 5.39 Å². The summed E-state index contributed by atoms with van der Waals surface area (Å²) in [4.78, 5) is 9.51. The molecule has 1 atom stereocenters. The molecule has 5 heteroatoms. The number of hydrogen-bond acceptors (Lipinski definition) is 4. The van der Waals surface area contributed by atoms with Gasteiger partial charge in [-0.05, 0) is 31.2 Å². The highest BCUT2D eigenvalue weighted by molar-refractivity contribution is 8.00. The average molecular weight is 304 g/mol. The molecule has 0 saturated heterocycles. The summed E-state index contributed by atoms with van der Waals surface area (Å²) in [5.41, 5.74) is 3.74. The largest absolute Gasteiger partial charge is 0.271 e. The molecule has 0 bridgehead atoms. The van der Waals surface area contributed by atoms with Gasteiger partial charge in [0.2, 0.25) is 0 Å². The van der Waals surface area contributed by atoms with Crippen molar-refractivity contribution in [2.75, 3.05) is 0 Å². The quantitative estimate of drug-likeness (QED) is 0.414. The predicted molar refractivity (Wildman–Crippen MR) is 88.9 cm³/mol. The van der Waals surface area contributed by atoms with Gasteiger partial charge in [0.25, 0.3) is 0 Å². The average Bonchev–Trinajstić information content (AvgIpc) is 2.95. The summed E-state index contributed by atoms with van der Waals surface area (Å²) in [7, 11) is 0. The summed E-state index contributed by atoms with van der Waals surface area (Å²) in [5.74, 6) is 0. The van der Waals surface area contributed by atoms with E-state index in [2.05, 4.69) is 10.5 Å². The fourth-order valence-electron chi connectivity index (χ4n) is 2.58. The first kappa shape index (κ1) is 13.1. The fourth-order valence-corrected chi connectivity index (χ4v) is 3.39. The van der Waals surface area contributed by atoms with Gasteiger partial charge in [-0.3, -0.25) is 4.40 Å². The van der Waals surface area contributed by atoms with Crippen molar-refractivity contribution >= 4 is 39.3 Å². The van der Waals surface area contributed by atoms with Crippen LogP contribution in [0.5, 0.6) is 0 Å². The first-order valence-electron chi connectivity index (χ1n) is 7.00. The molecule has 0 aliphatic heterocycles. The molecule has 2 aromatic heterocycles. The van der Waals surface area contributed by atoms with Crippen molar-refractivity contribution < 1.29 is 0 Å². The highest BCUT2D eigenvalue weighted by Gasteiger charge is 2.15. The summed E-state index contributed by atoms with van der Waals surface area (Å²) in [6.45, 7) is 1.88. The summed E-state index contributed by atoms with van der Waals surface area (Å²) < 4.78 is 2.05. The normalized spacial score (nSPS) is 12.7. The molecule has 0 aliphatic carbocycles. The van der Waals surface area contributed by atoms with Crippen LogP contribution < -0.4 is 0 Å². The van der Waals surface area contributed by atoms with Crippen LogP contribution in [0.3, 0.4) is 0 Å². The molecule has 4 nitrogen and oxygen atoms in total. The smallest absolute Gasteiger partial charge is 0.176 e. The van der Waals surface area contributed by atoms with E-state index in [1.165, 1.54) is 11.8 Å². The molecule has 22 heavy (non-hydrogen) atoms. The lowest BCUT2D eigenvalue weighted by molar-refractivity contribution is 0.948. The van der Waals surface area contributed by atoms with E-state index < -0.39 is 0 Å². The van der Waals surface area contributed by atoms with E-state index >= 15 is 0 Å². The molecule has 4 aromatic rings. The Balaban J connectivity index is 2.17. The van der Waals surface area contributed by atoms with Gasteiger partial charge in [0.05, 0.1) is 27.9 Å². The van der Waals surface area contributed by atoms with Gasteiger partial charge in [-0.15, -0.1) is 0 Å². The second-order valence-electron chi connectivity index (χ2n) is 5.06. The lowest BCUT2D eigenvalue weighted by Gasteiger charge is -2.08. The zero-order valence-electron chi connectivity index (χ0n) is 11.9. The van der Waals surface area contributed by atoms with Gasteiger partial charge in [-0.25, -0.2) is 9.97 Å². The number of imidazole rings is 1. The molecule has 2 heterocycles. The Labute approximate surface area is 131 Å². The van der Waals surface area contributed by atoms with E-state index in [0.29, 0.717) is 0 Å². The van der Waals surface area contributed by atoms with E-state index in [1.807, 2.05) is 55.5 Å². The van der Waals surface area contributed by atoms with Crippen molar-refractivity contribution in [1.29, 1.82) is 5.26 Å². The number of hydrogen-bond donors (Lipinski definition) is 0. The Morgan fingerprint density at radius 1 is 1.05 bits per heavy atom. The molecule has 0 spiro atoms. The van der Waals surface area contributed by atoms with Crippen LogP contribution in [-0.4, -0.2) is 19.6 Å². The minimum absolute atomic E-state index is 0.168. The number of aromatic nitrogens is 3. The van der Waals surface area contributed by atoms with Gasteiger partial charge in [0.1, 0.15) is 5.65 Å². The highest BCUT2D eigenvalue weighted by Crippen LogP contribution is 2.30. The number of rotatable bonds is 2. The number of para-hydroxylation sites is 3. The van der Waals surface area contributed by atoms with Gasteiger partial charge >= 0.3 is 0 Å². The molecule has 0 unspecified atom stereocenters. The zero-order chi connectivity index (χ0) is 15.1. The summed E-state index contributed by atoms with van der Waals surface area (Å²) >= 11 is 1.46. The Morgan fingerprint density at radius 2 is 1.77 bits per heavy atom. The van der Waals surface area contributed by atoms with Crippen molar-refractivity contribution in [1.82, 2.24) is 14.4 Å². The summed E-state index contributed by atoms with van der Waals surface area (Å²) in [6, 6.07) is 18.2. The topological polar surface area (TPSA) is 54.0 Å². The van der Waals surface area contributed by atoms with Crippen LogP contribution in [0.4, 0.5) is 0 Å². The molecule has 106 valence electrons. The molecular formula is C17H12N4S.